The highest BCUT2D eigenvalue weighted by molar-refractivity contribution is 5.89. The van der Waals surface area contributed by atoms with E-state index in [2.05, 4.69) is 26.1 Å². The first-order valence-corrected chi connectivity index (χ1v) is 6.93. The quantitative estimate of drug-likeness (QED) is 0.816. The molecule has 100 valence electrons. The van der Waals surface area contributed by atoms with Crippen molar-refractivity contribution in [1.29, 1.82) is 0 Å². The minimum Gasteiger partial charge on any atom is -0.302 e. The molecule has 2 nitrogen and oxygen atoms in total. The Morgan fingerprint density at radius 1 is 1.06 bits per heavy atom. The maximum Gasteiger partial charge on any atom is 0.155 e. The van der Waals surface area contributed by atoms with Crippen LogP contribution in [-0.4, -0.2) is 17.4 Å². The third-order valence-electron chi connectivity index (χ3n) is 3.48. The van der Waals surface area contributed by atoms with Crippen molar-refractivity contribution < 1.29 is 4.79 Å². The molecule has 0 heterocycles. The van der Waals surface area contributed by atoms with Crippen LogP contribution in [-0.2, 0) is 4.79 Å². The first-order valence-electron chi connectivity index (χ1n) is 6.93. The van der Waals surface area contributed by atoms with Gasteiger partial charge in [0.15, 0.2) is 5.78 Å². The standard InChI is InChI=1S/C15H29NO/c1-14(2,3)13(17)12(16-15(4,5)6)11-9-7-8-10-11/h11-12,16H,7-10H2,1-6H3/t12-/m0/s1. The Morgan fingerprint density at radius 2 is 1.53 bits per heavy atom. The van der Waals surface area contributed by atoms with E-state index in [1.165, 1.54) is 25.7 Å². The summed E-state index contributed by atoms with van der Waals surface area (Å²) in [7, 11) is 0. The van der Waals surface area contributed by atoms with E-state index in [0.717, 1.165) is 0 Å². The molecule has 0 bridgehead atoms. The number of Topliss-reactive ketones (excluding diaryl/α,β-unsaturated/α-hetero) is 1. The van der Waals surface area contributed by atoms with Crippen LogP contribution in [0.2, 0.25) is 0 Å². The van der Waals surface area contributed by atoms with E-state index in [9.17, 15) is 4.79 Å². The number of nitrogens with one attached hydrogen (secondary N) is 1. The second-order valence-electron chi connectivity index (χ2n) is 7.53. The molecule has 0 aromatic heterocycles. The summed E-state index contributed by atoms with van der Waals surface area (Å²) in [5.74, 6) is 0.917. The number of carbonyl (C=O) groups is 1. The molecular weight excluding hydrogens is 210 g/mol. The predicted molar refractivity (Wildman–Crippen MR) is 73.1 cm³/mol. The predicted octanol–water partition coefficient (Wildman–Crippen LogP) is 3.55. The molecule has 0 unspecified atom stereocenters. The number of ketones is 1. The minimum absolute atomic E-state index is 0.00810. The average Bonchev–Trinajstić information content (AvgIpc) is 2.62. The molecule has 0 saturated heterocycles. The second-order valence-corrected chi connectivity index (χ2v) is 7.53. The zero-order valence-corrected chi connectivity index (χ0v) is 12.4. The Labute approximate surface area is 107 Å². The molecule has 1 aliphatic rings. The van der Waals surface area contributed by atoms with Crippen LogP contribution in [0.1, 0.15) is 67.2 Å². The van der Waals surface area contributed by atoms with E-state index in [-0.39, 0.29) is 17.0 Å². The summed E-state index contributed by atoms with van der Waals surface area (Å²) in [6.45, 7) is 12.5. The molecule has 0 amide bonds. The van der Waals surface area contributed by atoms with Gasteiger partial charge in [-0.25, -0.2) is 0 Å². The summed E-state index contributed by atoms with van der Waals surface area (Å²) in [5.41, 5.74) is -0.236. The summed E-state index contributed by atoms with van der Waals surface area (Å²) in [6, 6.07) is 0.0394. The first kappa shape index (κ1) is 14.7. The van der Waals surface area contributed by atoms with Crippen LogP contribution in [0.4, 0.5) is 0 Å². The largest absolute Gasteiger partial charge is 0.302 e. The first-order chi connectivity index (χ1) is 7.61. The van der Waals surface area contributed by atoms with Crippen LogP contribution in [0.5, 0.6) is 0 Å². The Morgan fingerprint density at radius 3 is 1.88 bits per heavy atom. The van der Waals surface area contributed by atoms with Crippen molar-refractivity contribution in [2.45, 2.75) is 78.8 Å². The average molecular weight is 239 g/mol. The van der Waals surface area contributed by atoms with Crippen molar-refractivity contribution >= 4 is 5.78 Å². The molecular formula is C15H29NO. The molecule has 1 fully saturated rings. The van der Waals surface area contributed by atoms with E-state index in [1.54, 1.807) is 0 Å². The molecule has 0 aliphatic heterocycles. The van der Waals surface area contributed by atoms with Gasteiger partial charge in [0.2, 0.25) is 0 Å². The summed E-state index contributed by atoms with van der Waals surface area (Å²) in [6.07, 6.45) is 4.97. The highest BCUT2D eigenvalue weighted by atomic mass is 16.1. The second kappa shape index (κ2) is 5.09. The van der Waals surface area contributed by atoms with Gasteiger partial charge in [-0.1, -0.05) is 33.6 Å². The Kier molecular flexibility index (Phi) is 4.40. The van der Waals surface area contributed by atoms with E-state index < -0.39 is 0 Å². The summed E-state index contributed by atoms with van der Waals surface area (Å²) in [4.78, 5) is 12.6. The van der Waals surface area contributed by atoms with Crippen molar-refractivity contribution in [2.75, 3.05) is 0 Å². The zero-order valence-electron chi connectivity index (χ0n) is 12.4. The monoisotopic (exact) mass is 239 g/mol. The van der Waals surface area contributed by atoms with Crippen LogP contribution in [0, 0.1) is 11.3 Å². The fourth-order valence-electron chi connectivity index (χ4n) is 2.62. The van der Waals surface area contributed by atoms with Gasteiger partial charge >= 0.3 is 0 Å². The number of rotatable bonds is 3. The fraction of sp³-hybridized carbons (Fsp3) is 0.933. The highest BCUT2D eigenvalue weighted by Crippen LogP contribution is 2.32. The van der Waals surface area contributed by atoms with Gasteiger partial charge in [0.25, 0.3) is 0 Å². The summed E-state index contributed by atoms with van der Waals surface area (Å²) < 4.78 is 0. The fourth-order valence-corrected chi connectivity index (χ4v) is 2.62. The van der Waals surface area contributed by atoms with Crippen LogP contribution < -0.4 is 5.32 Å². The van der Waals surface area contributed by atoms with Gasteiger partial charge in [-0.05, 0) is 39.5 Å². The Balaban J connectivity index is 2.82. The van der Waals surface area contributed by atoms with Crippen molar-refractivity contribution in [1.82, 2.24) is 5.32 Å². The molecule has 0 spiro atoms. The molecule has 1 rings (SSSR count). The third-order valence-corrected chi connectivity index (χ3v) is 3.48. The van der Waals surface area contributed by atoms with E-state index in [0.29, 0.717) is 11.7 Å². The van der Waals surface area contributed by atoms with Gasteiger partial charge in [0, 0.05) is 11.0 Å². The van der Waals surface area contributed by atoms with Gasteiger partial charge in [0.05, 0.1) is 6.04 Å². The normalized spacial score (nSPS) is 20.6. The van der Waals surface area contributed by atoms with E-state index in [4.69, 9.17) is 0 Å². The molecule has 17 heavy (non-hydrogen) atoms. The van der Waals surface area contributed by atoms with Gasteiger partial charge < -0.3 is 5.32 Å². The number of carbonyl (C=O) groups excluding carboxylic acids is 1. The van der Waals surface area contributed by atoms with E-state index in [1.807, 2.05) is 20.8 Å². The van der Waals surface area contributed by atoms with Crippen molar-refractivity contribution in [3.05, 3.63) is 0 Å². The Bertz CT molecular complexity index is 264. The number of hydrogen-bond acceptors (Lipinski definition) is 2. The SMILES string of the molecule is CC(C)(C)N[C@H](C(=O)C(C)(C)C)C1CCCC1. The Hall–Kier alpha value is -0.370. The molecule has 1 aliphatic carbocycles. The minimum atomic E-state index is -0.245. The third kappa shape index (κ3) is 4.42. The van der Waals surface area contributed by atoms with Crippen LogP contribution in [0.25, 0.3) is 0 Å². The van der Waals surface area contributed by atoms with Crippen molar-refractivity contribution in [3.8, 4) is 0 Å². The van der Waals surface area contributed by atoms with Gasteiger partial charge in [0.1, 0.15) is 0 Å². The summed E-state index contributed by atoms with van der Waals surface area (Å²) in [5, 5.41) is 3.55. The topological polar surface area (TPSA) is 29.1 Å². The maximum absolute atomic E-state index is 12.6. The zero-order chi connectivity index (χ0) is 13.3. The van der Waals surface area contributed by atoms with Gasteiger partial charge in [-0.2, -0.15) is 0 Å². The highest BCUT2D eigenvalue weighted by Gasteiger charge is 2.37. The summed E-state index contributed by atoms with van der Waals surface area (Å²) >= 11 is 0. The van der Waals surface area contributed by atoms with Gasteiger partial charge in [-0.3, -0.25) is 4.79 Å². The lowest BCUT2D eigenvalue weighted by Gasteiger charge is -2.35. The lowest BCUT2D eigenvalue weighted by atomic mass is 9.80. The van der Waals surface area contributed by atoms with Crippen LogP contribution >= 0.6 is 0 Å². The van der Waals surface area contributed by atoms with Crippen molar-refractivity contribution in [2.24, 2.45) is 11.3 Å². The van der Waals surface area contributed by atoms with E-state index >= 15 is 0 Å². The van der Waals surface area contributed by atoms with Gasteiger partial charge in [-0.15, -0.1) is 0 Å². The molecule has 0 aromatic carbocycles. The molecule has 1 atom stereocenters. The maximum atomic E-state index is 12.6. The molecule has 0 radical (unpaired) electrons. The smallest absolute Gasteiger partial charge is 0.155 e. The number of hydrogen-bond donors (Lipinski definition) is 1. The molecule has 1 N–H and O–H groups in total. The molecule has 2 heteroatoms. The van der Waals surface area contributed by atoms with Crippen LogP contribution in [0.15, 0.2) is 0 Å². The molecule has 1 saturated carbocycles. The van der Waals surface area contributed by atoms with Crippen molar-refractivity contribution in [3.63, 3.8) is 0 Å². The van der Waals surface area contributed by atoms with Crippen LogP contribution in [0.3, 0.4) is 0 Å². The lowest BCUT2D eigenvalue weighted by molar-refractivity contribution is -0.130. The lowest BCUT2D eigenvalue weighted by Crippen LogP contribution is -2.53. The molecule has 0 aromatic rings.